The van der Waals surface area contributed by atoms with E-state index in [1.807, 2.05) is 33.0 Å². The second-order valence-electron chi connectivity index (χ2n) is 7.55. The van der Waals surface area contributed by atoms with Crippen LogP contribution in [0, 0.1) is 6.92 Å². The summed E-state index contributed by atoms with van der Waals surface area (Å²) in [5.74, 6) is 0. The molecule has 0 atom stereocenters. The van der Waals surface area contributed by atoms with Gasteiger partial charge in [0.05, 0.1) is 10.4 Å². The van der Waals surface area contributed by atoms with Crippen LogP contribution in [0.5, 0.6) is 0 Å². The molecule has 156 valence electrons. The van der Waals surface area contributed by atoms with Crippen LogP contribution in [0.1, 0.15) is 18.1 Å². The van der Waals surface area contributed by atoms with Crippen molar-refractivity contribution in [1.29, 1.82) is 0 Å². The molecule has 0 aliphatic carbocycles. The summed E-state index contributed by atoms with van der Waals surface area (Å²) in [6.07, 6.45) is 7.54. The van der Waals surface area contributed by atoms with Crippen LogP contribution in [-0.2, 0) is 23.5 Å². The van der Waals surface area contributed by atoms with Crippen LogP contribution in [0.4, 0.5) is 0 Å². The molecule has 5 rings (SSSR count). The van der Waals surface area contributed by atoms with Gasteiger partial charge in [-0.3, -0.25) is 9.67 Å². The number of aromatic nitrogens is 5. The minimum Gasteiger partial charge on any atom is -0.266 e. The van der Waals surface area contributed by atoms with E-state index in [0.717, 1.165) is 38.7 Å². The van der Waals surface area contributed by atoms with Crippen molar-refractivity contribution in [2.45, 2.75) is 25.2 Å². The molecule has 0 fully saturated rings. The molecule has 0 amide bonds. The van der Waals surface area contributed by atoms with Gasteiger partial charge in [-0.15, -0.1) is 0 Å². The smallest absolute Gasteiger partial charge is 0.266 e. The maximum atomic E-state index is 13.4. The number of aryl methyl sites for hydroxylation is 3. The first-order valence-electron chi connectivity index (χ1n) is 10.00. The minimum absolute atomic E-state index is 0.237. The van der Waals surface area contributed by atoms with Crippen molar-refractivity contribution in [2.75, 3.05) is 0 Å². The number of hydrogen-bond donors (Lipinski definition) is 0. The van der Waals surface area contributed by atoms with Crippen LogP contribution in [0.25, 0.3) is 33.2 Å². The Kier molecular flexibility index (Phi) is 4.40. The van der Waals surface area contributed by atoms with E-state index in [2.05, 4.69) is 9.97 Å². The molecule has 0 unspecified atom stereocenters. The zero-order valence-corrected chi connectivity index (χ0v) is 18.3. The highest BCUT2D eigenvalue weighted by atomic mass is 32.2. The lowest BCUT2D eigenvalue weighted by atomic mass is 10.1. The van der Waals surface area contributed by atoms with E-state index in [1.165, 1.54) is 3.97 Å². The van der Waals surface area contributed by atoms with Crippen molar-refractivity contribution < 1.29 is 8.42 Å². The van der Waals surface area contributed by atoms with E-state index >= 15 is 0 Å². The van der Waals surface area contributed by atoms with Gasteiger partial charge in [0.25, 0.3) is 10.0 Å². The third-order valence-corrected chi connectivity index (χ3v) is 7.22. The average Bonchev–Trinajstić information content (AvgIpc) is 3.33. The van der Waals surface area contributed by atoms with Crippen molar-refractivity contribution in [3.05, 3.63) is 72.3 Å². The molecule has 0 bridgehead atoms. The lowest BCUT2D eigenvalue weighted by Gasteiger charge is -2.07. The Morgan fingerprint density at radius 3 is 2.52 bits per heavy atom. The lowest BCUT2D eigenvalue weighted by Crippen LogP contribution is -2.12. The van der Waals surface area contributed by atoms with Crippen molar-refractivity contribution in [1.82, 2.24) is 23.7 Å². The Balaban J connectivity index is 1.82. The van der Waals surface area contributed by atoms with Crippen LogP contribution in [-0.4, -0.2) is 32.1 Å². The van der Waals surface area contributed by atoms with E-state index in [0.29, 0.717) is 12.1 Å². The molecular weight excluding hydrogens is 410 g/mol. The number of pyridine rings is 2. The van der Waals surface area contributed by atoms with Crippen LogP contribution in [0.2, 0.25) is 0 Å². The molecule has 0 aliphatic heterocycles. The number of hydrogen-bond acceptors (Lipinski definition) is 5. The minimum atomic E-state index is -3.78. The van der Waals surface area contributed by atoms with Gasteiger partial charge >= 0.3 is 0 Å². The van der Waals surface area contributed by atoms with E-state index in [-0.39, 0.29) is 4.90 Å². The van der Waals surface area contributed by atoms with E-state index < -0.39 is 10.0 Å². The standard InChI is InChI=1S/C23H21N5O2S/c1-4-16-14-28(31(29,30)18-9-7-15(2)8-10-18)23-20(16)22-19(13-25-23)21(26-27(22)3)17-6-5-11-24-12-17/h5-14H,4H2,1-3H3. The Labute approximate surface area is 180 Å². The molecule has 4 heterocycles. The third kappa shape index (κ3) is 2.94. The molecule has 7 nitrogen and oxygen atoms in total. The summed E-state index contributed by atoms with van der Waals surface area (Å²) >= 11 is 0. The summed E-state index contributed by atoms with van der Waals surface area (Å²) in [7, 11) is -1.92. The summed E-state index contributed by atoms with van der Waals surface area (Å²) in [5, 5.41) is 6.37. The van der Waals surface area contributed by atoms with Gasteiger partial charge in [-0.1, -0.05) is 24.6 Å². The van der Waals surface area contributed by atoms with Crippen LogP contribution >= 0.6 is 0 Å². The van der Waals surface area contributed by atoms with Crippen molar-refractivity contribution in [3.63, 3.8) is 0 Å². The molecule has 0 saturated heterocycles. The molecule has 0 saturated carbocycles. The van der Waals surface area contributed by atoms with Crippen LogP contribution in [0.3, 0.4) is 0 Å². The van der Waals surface area contributed by atoms with Gasteiger partial charge in [0.1, 0.15) is 5.69 Å². The molecular formula is C23H21N5O2S. The molecule has 31 heavy (non-hydrogen) atoms. The topological polar surface area (TPSA) is 82.7 Å². The first-order chi connectivity index (χ1) is 14.9. The Hall–Kier alpha value is -3.52. The van der Waals surface area contributed by atoms with Crippen LogP contribution < -0.4 is 0 Å². The van der Waals surface area contributed by atoms with E-state index in [4.69, 9.17) is 5.10 Å². The summed E-state index contributed by atoms with van der Waals surface area (Å²) in [4.78, 5) is 9.03. The largest absolute Gasteiger partial charge is 0.269 e. The SMILES string of the molecule is CCc1cn(S(=O)(=O)c2ccc(C)cc2)c2ncc3c(-c4cccnc4)nn(C)c3c12. The highest BCUT2D eigenvalue weighted by Crippen LogP contribution is 2.35. The summed E-state index contributed by atoms with van der Waals surface area (Å²) in [5.41, 5.74) is 4.84. The highest BCUT2D eigenvalue weighted by molar-refractivity contribution is 7.90. The van der Waals surface area contributed by atoms with E-state index in [1.54, 1.807) is 53.7 Å². The average molecular weight is 432 g/mol. The van der Waals surface area contributed by atoms with Gasteiger partial charge in [-0.25, -0.2) is 17.4 Å². The molecule has 8 heteroatoms. The van der Waals surface area contributed by atoms with Gasteiger partial charge < -0.3 is 0 Å². The number of nitrogens with zero attached hydrogens (tertiary/aromatic N) is 5. The lowest BCUT2D eigenvalue weighted by molar-refractivity contribution is 0.588. The molecule has 0 aliphatic rings. The fourth-order valence-electron chi connectivity index (χ4n) is 3.98. The van der Waals surface area contributed by atoms with Crippen molar-refractivity contribution in [2.24, 2.45) is 7.05 Å². The third-order valence-electron chi connectivity index (χ3n) is 5.56. The second-order valence-corrected chi connectivity index (χ2v) is 9.37. The van der Waals surface area contributed by atoms with Crippen LogP contribution in [0.15, 0.2) is 66.1 Å². The number of fused-ring (bicyclic) bond motifs is 3. The zero-order chi connectivity index (χ0) is 21.8. The molecule has 0 N–H and O–H groups in total. The maximum Gasteiger partial charge on any atom is 0.269 e. The molecule has 4 aromatic heterocycles. The normalized spacial score (nSPS) is 12.1. The summed E-state index contributed by atoms with van der Waals surface area (Å²) in [6, 6.07) is 10.7. The fraction of sp³-hybridized carbons (Fsp3) is 0.174. The first-order valence-corrected chi connectivity index (χ1v) is 11.4. The first kappa shape index (κ1) is 19.4. The van der Waals surface area contributed by atoms with E-state index in [9.17, 15) is 8.42 Å². The molecule has 5 aromatic rings. The Morgan fingerprint density at radius 2 is 1.84 bits per heavy atom. The quantitative estimate of drug-likeness (QED) is 0.428. The van der Waals surface area contributed by atoms with Gasteiger partial charge in [0.2, 0.25) is 0 Å². The highest BCUT2D eigenvalue weighted by Gasteiger charge is 2.25. The predicted molar refractivity (Wildman–Crippen MR) is 120 cm³/mol. The van der Waals surface area contributed by atoms with Gasteiger partial charge in [0, 0.05) is 48.2 Å². The Bertz CT molecular complexity index is 1530. The van der Waals surface area contributed by atoms with Crippen molar-refractivity contribution >= 4 is 32.0 Å². The zero-order valence-electron chi connectivity index (χ0n) is 17.4. The van der Waals surface area contributed by atoms with Gasteiger partial charge in [-0.2, -0.15) is 5.10 Å². The predicted octanol–water partition coefficient (Wildman–Crippen LogP) is 4.09. The summed E-state index contributed by atoms with van der Waals surface area (Å²) in [6.45, 7) is 3.94. The molecule has 0 radical (unpaired) electrons. The van der Waals surface area contributed by atoms with Gasteiger partial charge in [-0.05, 0) is 43.2 Å². The number of rotatable bonds is 4. The molecule has 0 spiro atoms. The second kappa shape index (κ2) is 7.02. The Morgan fingerprint density at radius 1 is 1.06 bits per heavy atom. The summed E-state index contributed by atoms with van der Waals surface area (Å²) < 4.78 is 29.9. The molecule has 1 aromatic carbocycles. The monoisotopic (exact) mass is 431 g/mol. The van der Waals surface area contributed by atoms with Crippen molar-refractivity contribution in [3.8, 4) is 11.3 Å². The number of benzene rings is 1. The van der Waals surface area contributed by atoms with Gasteiger partial charge in [0.15, 0.2) is 5.65 Å². The maximum absolute atomic E-state index is 13.4. The fourth-order valence-corrected chi connectivity index (χ4v) is 5.32.